The van der Waals surface area contributed by atoms with Gasteiger partial charge in [-0.05, 0) is 12.0 Å². The van der Waals surface area contributed by atoms with Crippen LogP contribution in [0.2, 0.25) is 5.02 Å². The van der Waals surface area contributed by atoms with Gasteiger partial charge in [-0.3, -0.25) is 10.1 Å². The van der Waals surface area contributed by atoms with Crippen LogP contribution in [0.4, 0.5) is 11.8 Å². The number of hydrazine groups is 1. The number of hydrogen-bond donors (Lipinski definition) is 3. The zero-order valence-corrected chi connectivity index (χ0v) is 10.6. The van der Waals surface area contributed by atoms with Gasteiger partial charge in [-0.2, -0.15) is 10.1 Å². The SMILES string of the molecule is Cn1cc(CCNc2nc(NN)ncc2Cl)cn1. The highest BCUT2D eigenvalue weighted by Crippen LogP contribution is 2.18. The number of aryl methyl sites for hydroxylation is 1. The topological polar surface area (TPSA) is 93.7 Å². The van der Waals surface area contributed by atoms with Crippen LogP contribution in [0.1, 0.15) is 5.56 Å². The predicted octanol–water partition coefficient (Wildman–Crippen LogP) is 0.804. The van der Waals surface area contributed by atoms with Crippen molar-refractivity contribution in [2.24, 2.45) is 12.9 Å². The summed E-state index contributed by atoms with van der Waals surface area (Å²) in [6, 6.07) is 0. The maximum Gasteiger partial charge on any atom is 0.239 e. The fraction of sp³-hybridized carbons (Fsp3) is 0.300. The third-order valence-corrected chi connectivity index (χ3v) is 2.61. The number of nitrogen functional groups attached to an aromatic ring is 1. The fourth-order valence-corrected chi connectivity index (χ4v) is 1.64. The first-order valence-corrected chi connectivity index (χ1v) is 5.77. The van der Waals surface area contributed by atoms with Crippen LogP contribution < -0.4 is 16.6 Å². The summed E-state index contributed by atoms with van der Waals surface area (Å²) in [5, 5.41) is 7.69. The van der Waals surface area contributed by atoms with Crippen molar-refractivity contribution in [2.45, 2.75) is 6.42 Å². The molecule has 0 aromatic carbocycles. The molecule has 0 bridgehead atoms. The molecule has 4 N–H and O–H groups in total. The first kappa shape index (κ1) is 12.6. The molecule has 0 saturated heterocycles. The van der Waals surface area contributed by atoms with Crippen molar-refractivity contribution < 1.29 is 0 Å². The third kappa shape index (κ3) is 3.08. The minimum Gasteiger partial charge on any atom is -0.368 e. The molecule has 0 radical (unpaired) electrons. The van der Waals surface area contributed by atoms with Gasteiger partial charge in [0.1, 0.15) is 5.02 Å². The monoisotopic (exact) mass is 267 g/mol. The first-order valence-electron chi connectivity index (χ1n) is 5.39. The average molecular weight is 268 g/mol. The van der Waals surface area contributed by atoms with E-state index in [1.165, 1.54) is 6.20 Å². The van der Waals surface area contributed by atoms with E-state index in [1.807, 2.05) is 19.4 Å². The standard InChI is InChI=1S/C10H14ClN7/c1-18-6-7(4-15-18)2-3-13-9-8(11)5-14-10(16-9)17-12/h4-6H,2-3,12H2,1H3,(H2,13,14,16,17). The molecular formula is C10H14ClN7. The highest BCUT2D eigenvalue weighted by molar-refractivity contribution is 6.32. The summed E-state index contributed by atoms with van der Waals surface area (Å²) in [6.07, 6.45) is 6.13. The molecule has 0 aliphatic carbocycles. The number of anilines is 2. The molecule has 2 heterocycles. The number of rotatable bonds is 5. The number of aromatic nitrogens is 4. The predicted molar refractivity (Wildman–Crippen MR) is 70.3 cm³/mol. The minimum atomic E-state index is 0.322. The van der Waals surface area contributed by atoms with E-state index in [9.17, 15) is 0 Å². The Bertz CT molecular complexity index is 525. The van der Waals surface area contributed by atoms with Gasteiger partial charge in [0.05, 0.1) is 12.4 Å². The summed E-state index contributed by atoms with van der Waals surface area (Å²) in [5.74, 6) is 6.12. The molecule has 0 spiro atoms. The van der Waals surface area contributed by atoms with Gasteiger partial charge in [0.25, 0.3) is 0 Å². The normalized spacial score (nSPS) is 10.4. The van der Waals surface area contributed by atoms with E-state index in [-0.39, 0.29) is 0 Å². The molecule has 18 heavy (non-hydrogen) atoms. The minimum absolute atomic E-state index is 0.322. The Kier molecular flexibility index (Phi) is 3.96. The van der Waals surface area contributed by atoms with Gasteiger partial charge in [-0.1, -0.05) is 11.6 Å². The highest BCUT2D eigenvalue weighted by atomic mass is 35.5. The summed E-state index contributed by atoms with van der Waals surface area (Å²) in [5.41, 5.74) is 3.52. The van der Waals surface area contributed by atoms with E-state index in [0.29, 0.717) is 23.3 Å². The molecule has 2 rings (SSSR count). The summed E-state index contributed by atoms with van der Waals surface area (Å²) in [4.78, 5) is 8.01. The van der Waals surface area contributed by atoms with Gasteiger partial charge >= 0.3 is 0 Å². The van der Waals surface area contributed by atoms with E-state index in [0.717, 1.165) is 12.0 Å². The van der Waals surface area contributed by atoms with Crippen molar-refractivity contribution >= 4 is 23.4 Å². The zero-order chi connectivity index (χ0) is 13.0. The van der Waals surface area contributed by atoms with Crippen molar-refractivity contribution in [1.82, 2.24) is 19.7 Å². The fourth-order valence-electron chi connectivity index (χ4n) is 1.49. The Labute approximate surface area is 109 Å². The molecule has 0 amide bonds. The Morgan fingerprint density at radius 1 is 1.44 bits per heavy atom. The van der Waals surface area contributed by atoms with Crippen LogP contribution in [0.5, 0.6) is 0 Å². The second-order valence-electron chi connectivity index (χ2n) is 3.73. The molecule has 8 heteroatoms. The van der Waals surface area contributed by atoms with E-state index >= 15 is 0 Å². The van der Waals surface area contributed by atoms with Gasteiger partial charge in [0, 0.05) is 19.8 Å². The zero-order valence-electron chi connectivity index (χ0n) is 9.89. The highest BCUT2D eigenvalue weighted by Gasteiger charge is 2.04. The average Bonchev–Trinajstić information content (AvgIpc) is 2.77. The molecule has 0 saturated carbocycles. The molecule has 2 aromatic heterocycles. The number of nitrogens with two attached hydrogens (primary N) is 1. The van der Waals surface area contributed by atoms with E-state index in [4.69, 9.17) is 17.4 Å². The Balaban J connectivity index is 1.93. The van der Waals surface area contributed by atoms with Gasteiger partial charge in [-0.15, -0.1) is 0 Å². The van der Waals surface area contributed by atoms with Crippen LogP contribution >= 0.6 is 11.6 Å². The Morgan fingerprint density at radius 3 is 2.94 bits per heavy atom. The van der Waals surface area contributed by atoms with Crippen molar-refractivity contribution in [3.05, 3.63) is 29.2 Å². The van der Waals surface area contributed by atoms with E-state index < -0.39 is 0 Å². The lowest BCUT2D eigenvalue weighted by molar-refractivity contribution is 0.767. The second kappa shape index (κ2) is 5.65. The largest absolute Gasteiger partial charge is 0.368 e. The van der Waals surface area contributed by atoms with Crippen LogP contribution in [0.15, 0.2) is 18.6 Å². The molecule has 0 aliphatic rings. The number of hydrogen-bond acceptors (Lipinski definition) is 6. The van der Waals surface area contributed by atoms with Crippen molar-refractivity contribution in [3.8, 4) is 0 Å². The lowest BCUT2D eigenvalue weighted by Crippen LogP contribution is -2.13. The second-order valence-corrected chi connectivity index (χ2v) is 4.14. The Hall–Kier alpha value is -1.86. The van der Waals surface area contributed by atoms with Gasteiger partial charge in [0.15, 0.2) is 5.82 Å². The van der Waals surface area contributed by atoms with Crippen LogP contribution in [-0.2, 0) is 13.5 Å². The number of halogens is 1. The first-order chi connectivity index (χ1) is 8.69. The van der Waals surface area contributed by atoms with Crippen LogP contribution in [0.3, 0.4) is 0 Å². The summed E-state index contributed by atoms with van der Waals surface area (Å²) >= 11 is 5.97. The molecule has 7 nitrogen and oxygen atoms in total. The van der Waals surface area contributed by atoms with E-state index in [2.05, 4.69) is 25.8 Å². The lowest BCUT2D eigenvalue weighted by atomic mass is 10.2. The summed E-state index contributed by atoms with van der Waals surface area (Å²) in [6.45, 7) is 0.701. The molecule has 0 aliphatic heterocycles. The molecule has 0 unspecified atom stereocenters. The van der Waals surface area contributed by atoms with Crippen molar-refractivity contribution in [1.29, 1.82) is 0 Å². The molecule has 2 aromatic rings. The maximum absolute atomic E-state index is 5.97. The van der Waals surface area contributed by atoms with Gasteiger partial charge < -0.3 is 5.32 Å². The summed E-state index contributed by atoms with van der Waals surface area (Å²) < 4.78 is 1.77. The molecule has 96 valence electrons. The molecule has 0 fully saturated rings. The molecular weight excluding hydrogens is 254 g/mol. The van der Waals surface area contributed by atoms with Gasteiger partial charge in [0.2, 0.25) is 5.95 Å². The van der Waals surface area contributed by atoms with Crippen molar-refractivity contribution in [2.75, 3.05) is 17.3 Å². The third-order valence-electron chi connectivity index (χ3n) is 2.34. The summed E-state index contributed by atoms with van der Waals surface area (Å²) in [7, 11) is 1.89. The van der Waals surface area contributed by atoms with E-state index in [1.54, 1.807) is 4.68 Å². The molecule has 0 atom stereocenters. The Morgan fingerprint density at radius 2 is 2.28 bits per heavy atom. The number of nitrogens with one attached hydrogen (secondary N) is 2. The van der Waals surface area contributed by atoms with Crippen LogP contribution in [-0.4, -0.2) is 26.3 Å². The smallest absolute Gasteiger partial charge is 0.239 e. The number of nitrogens with zero attached hydrogens (tertiary/aromatic N) is 4. The lowest BCUT2D eigenvalue weighted by Gasteiger charge is -2.07. The quantitative estimate of drug-likeness (QED) is 0.548. The van der Waals surface area contributed by atoms with Gasteiger partial charge in [-0.25, -0.2) is 10.8 Å². The van der Waals surface area contributed by atoms with Crippen LogP contribution in [0.25, 0.3) is 0 Å². The van der Waals surface area contributed by atoms with Crippen molar-refractivity contribution in [3.63, 3.8) is 0 Å². The van der Waals surface area contributed by atoms with Crippen LogP contribution in [0, 0.1) is 0 Å². The maximum atomic E-state index is 5.97.